The third kappa shape index (κ3) is 4.51. The van der Waals surface area contributed by atoms with Crippen LogP contribution < -0.4 is 5.32 Å². The van der Waals surface area contributed by atoms with Crippen LogP contribution in [0.15, 0.2) is 59.5 Å². The van der Waals surface area contributed by atoms with Crippen LogP contribution in [0.4, 0.5) is 0 Å². The van der Waals surface area contributed by atoms with E-state index in [0.717, 1.165) is 17.9 Å². The van der Waals surface area contributed by atoms with Gasteiger partial charge in [-0.3, -0.25) is 4.21 Å². The Morgan fingerprint density at radius 2 is 1.71 bits per heavy atom. The van der Waals surface area contributed by atoms with Crippen molar-refractivity contribution in [3.05, 3.63) is 65.7 Å². The molecule has 0 bridgehead atoms. The Kier molecular flexibility index (Phi) is 6.15. The lowest BCUT2D eigenvalue weighted by atomic mass is 10.0. The van der Waals surface area contributed by atoms with E-state index in [1.54, 1.807) is 0 Å². The Morgan fingerprint density at radius 1 is 1.05 bits per heavy atom. The Bertz CT molecular complexity index is 583. The summed E-state index contributed by atoms with van der Waals surface area (Å²) >= 11 is 0. The molecule has 2 unspecified atom stereocenters. The topological polar surface area (TPSA) is 29.1 Å². The molecule has 0 aliphatic carbocycles. The summed E-state index contributed by atoms with van der Waals surface area (Å²) < 4.78 is 12.6. The summed E-state index contributed by atoms with van der Waals surface area (Å²) in [6.45, 7) is 5.20. The fourth-order valence-electron chi connectivity index (χ4n) is 2.37. The van der Waals surface area contributed by atoms with E-state index in [9.17, 15) is 4.21 Å². The highest BCUT2D eigenvalue weighted by molar-refractivity contribution is 7.85. The van der Waals surface area contributed by atoms with Gasteiger partial charge in [0.1, 0.15) is 0 Å². The third-order valence-corrected chi connectivity index (χ3v) is 4.96. The Morgan fingerprint density at radius 3 is 2.38 bits per heavy atom. The maximum Gasteiger partial charge on any atom is 0.0548 e. The first-order valence-corrected chi connectivity index (χ1v) is 8.76. The SMILES string of the molecule is CCCNC(CS(=O)c1ccccc1)c1ccccc1C. The Labute approximate surface area is 130 Å². The van der Waals surface area contributed by atoms with E-state index >= 15 is 0 Å². The maximum atomic E-state index is 12.6. The van der Waals surface area contributed by atoms with E-state index in [1.165, 1.54) is 11.1 Å². The highest BCUT2D eigenvalue weighted by Gasteiger charge is 2.17. The molecule has 0 aliphatic heterocycles. The van der Waals surface area contributed by atoms with Crippen LogP contribution in [0.3, 0.4) is 0 Å². The number of nitrogens with one attached hydrogen (secondary N) is 1. The number of rotatable bonds is 7. The van der Waals surface area contributed by atoms with Crippen LogP contribution in [-0.4, -0.2) is 16.5 Å². The van der Waals surface area contributed by atoms with Crippen LogP contribution in [0.1, 0.15) is 30.5 Å². The molecule has 2 aromatic rings. The lowest BCUT2D eigenvalue weighted by Gasteiger charge is -2.20. The third-order valence-electron chi connectivity index (χ3n) is 3.53. The minimum atomic E-state index is -0.988. The lowest BCUT2D eigenvalue weighted by Crippen LogP contribution is -2.27. The molecule has 0 saturated heterocycles. The standard InChI is InChI=1S/C18H23NOS/c1-3-13-19-18(17-12-8-7-9-15(17)2)14-21(20)16-10-5-4-6-11-16/h4-12,18-19H,3,13-14H2,1-2H3. The molecule has 112 valence electrons. The van der Waals surface area contributed by atoms with Crippen molar-refractivity contribution in [1.82, 2.24) is 5.32 Å². The fraction of sp³-hybridized carbons (Fsp3) is 0.333. The first-order chi connectivity index (χ1) is 10.2. The fourth-order valence-corrected chi connectivity index (χ4v) is 3.63. The molecule has 0 aromatic heterocycles. The molecular formula is C18H23NOS. The molecule has 0 aliphatic rings. The van der Waals surface area contributed by atoms with Crippen molar-refractivity contribution in [3.63, 3.8) is 0 Å². The summed E-state index contributed by atoms with van der Waals surface area (Å²) in [5.41, 5.74) is 2.49. The van der Waals surface area contributed by atoms with Crippen molar-refractivity contribution in [1.29, 1.82) is 0 Å². The Balaban J connectivity index is 2.17. The summed E-state index contributed by atoms with van der Waals surface area (Å²) in [7, 11) is -0.988. The minimum Gasteiger partial charge on any atom is -0.309 e. The van der Waals surface area contributed by atoms with Gasteiger partial charge in [-0.15, -0.1) is 0 Å². The van der Waals surface area contributed by atoms with Gasteiger partial charge in [-0.2, -0.15) is 0 Å². The predicted molar refractivity (Wildman–Crippen MR) is 89.9 cm³/mol. The van der Waals surface area contributed by atoms with Crippen molar-refractivity contribution in [2.45, 2.75) is 31.2 Å². The molecule has 21 heavy (non-hydrogen) atoms. The summed E-state index contributed by atoms with van der Waals surface area (Å²) in [6, 6.07) is 18.2. The average molecular weight is 301 g/mol. The number of hydrogen-bond acceptors (Lipinski definition) is 2. The highest BCUT2D eigenvalue weighted by Crippen LogP contribution is 2.20. The first-order valence-electron chi connectivity index (χ1n) is 7.44. The van der Waals surface area contributed by atoms with Crippen molar-refractivity contribution in [2.75, 3.05) is 12.3 Å². The van der Waals surface area contributed by atoms with E-state index in [0.29, 0.717) is 5.75 Å². The van der Waals surface area contributed by atoms with Crippen LogP contribution in [-0.2, 0) is 10.8 Å². The highest BCUT2D eigenvalue weighted by atomic mass is 32.2. The maximum absolute atomic E-state index is 12.6. The second-order valence-corrected chi connectivity index (χ2v) is 6.68. The zero-order valence-electron chi connectivity index (χ0n) is 12.7. The van der Waals surface area contributed by atoms with Crippen LogP contribution in [0.25, 0.3) is 0 Å². The van der Waals surface area contributed by atoms with Gasteiger partial charge in [-0.1, -0.05) is 49.4 Å². The molecule has 2 aromatic carbocycles. The summed E-state index contributed by atoms with van der Waals surface area (Å²) in [6.07, 6.45) is 1.07. The van der Waals surface area contributed by atoms with Crippen LogP contribution in [0, 0.1) is 6.92 Å². The Hall–Kier alpha value is -1.45. The van der Waals surface area contributed by atoms with Crippen molar-refractivity contribution in [2.24, 2.45) is 0 Å². The van der Waals surface area contributed by atoms with Gasteiger partial charge in [0, 0.05) is 16.7 Å². The molecule has 0 radical (unpaired) electrons. The van der Waals surface area contributed by atoms with Crippen LogP contribution in [0.2, 0.25) is 0 Å². The predicted octanol–water partition coefficient (Wildman–Crippen LogP) is 3.84. The van der Waals surface area contributed by atoms with Crippen molar-refractivity contribution < 1.29 is 4.21 Å². The molecule has 2 nitrogen and oxygen atoms in total. The lowest BCUT2D eigenvalue weighted by molar-refractivity contribution is 0.567. The van der Waals surface area contributed by atoms with Gasteiger partial charge >= 0.3 is 0 Å². The zero-order valence-corrected chi connectivity index (χ0v) is 13.5. The molecule has 1 N–H and O–H groups in total. The molecule has 0 saturated carbocycles. The van der Waals surface area contributed by atoms with Gasteiger partial charge in [0.15, 0.2) is 0 Å². The van der Waals surface area contributed by atoms with Gasteiger partial charge in [0.2, 0.25) is 0 Å². The molecular weight excluding hydrogens is 278 g/mol. The molecule has 2 rings (SSSR count). The summed E-state index contributed by atoms with van der Waals surface area (Å²) in [4.78, 5) is 0.898. The van der Waals surface area contributed by atoms with Crippen LogP contribution in [0.5, 0.6) is 0 Å². The molecule has 3 heteroatoms. The average Bonchev–Trinajstić information content (AvgIpc) is 2.53. The van der Waals surface area contributed by atoms with Crippen LogP contribution >= 0.6 is 0 Å². The van der Waals surface area contributed by atoms with E-state index in [2.05, 4.69) is 31.3 Å². The molecule has 0 heterocycles. The molecule has 0 amide bonds. The normalized spacial score (nSPS) is 13.8. The van der Waals surface area contributed by atoms with E-state index < -0.39 is 10.8 Å². The van der Waals surface area contributed by atoms with Gasteiger partial charge in [-0.05, 0) is 43.1 Å². The van der Waals surface area contributed by atoms with Gasteiger partial charge < -0.3 is 5.32 Å². The molecule has 0 fully saturated rings. The smallest absolute Gasteiger partial charge is 0.0548 e. The number of hydrogen-bond donors (Lipinski definition) is 1. The minimum absolute atomic E-state index is 0.132. The van der Waals surface area contributed by atoms with E-state index in [-0.39, 0.29) is 6.04 Å². The molecule has 2 atom stereocenters. The summed E-state index contributed by atoms with van der Waals surface area (Å²) in [5.74, 6) is 0.606. The number of benzene rings is 2. The zero-order chi connectivity index (χ0) is 15.1. The van der Waals surface area contributed by atoms with Gasteiger partial charge in [0.25, 0.3) is 0 Å². The van der Waals surface area contributed by atoms with Crippen molar-refractivity contribution in [3.8, 4) is 0 Å². The summed E-state index contributed by atoms with van der Waals surface area (Å²) in [5, 5.41) is 3.53. The second kappa shape index (κ2) is 8.11. The number of aryl methyl sites for hydroxylation is 1. The molecule has 0 spiro atoms. The second-order valence-electron chi connectivity index (χ2n) is 5.19. The van der Waals surface area contributed by atoms with E-state index in [1.807, 2.05) is 42.5 Å². The van der Waals surface area contributed by atoms with Crippen molar-refractivity contribution >= 4 is 10.8 Å². The van der Waals surface area contributed by atoms with Gasteiger partial charge in [-0.25, -0.2) is 0 Å². The first kappa shape index (κ1) is 15.9. The van der Waals surface area contributed by atoms with E-state index in [4.69, 9.17) is 0 Å². The quantitative estimate of drug-likeness (QED) is 0.842. The largest absolute Gasteiger partial charge is 0.309 e. The van der Waals surface area contributed by atoms with Gasteiger partial charge in [0.05, 0.1) is 10.8 Å². The monoisotopic (exact) mass is 301 g/mol.